The summed E-state index contributed by atoms with van der Waals surface area (Å²) in [7, 11) is 0. The summed E-state index contributed by atoms with van der Waals surface area (Å²) in [5.74, 6) is 0.907. The molecule has 4 aromatic rings. The zero-order valence-corrected chi connectivity index (χ0v) is 14.8. The van der Waals surface area contributed by atoms with E-state index in [0.717, 1.165) is 29.8 Å². The zero-order valence-electron chi connectivity index (χ0n) is 14.8. The minimum absolute atomic E-state index is 0.476. The van der Waals surface area contributed by atoms with E-state index in [4.69, 9.17) is 10.2 Å². The van der Waals surface area contributed by atoms with Crippen LogP contribution in [0.5, 0.6) is 0 Å². The Balaban J connectivity index is 1.77. The van der Waals surface area contributed by atoms with E-state index < -0.39 is 5.95 Å². The van der Waals surface area contributed by atoms with E-state index in [1.165, 1.54) is 6.07 Å². The van der Waals surface area contributed by atoms with E-state index >= 15 is 0 Å². The fourth-order valence-electron chi connectivity index (χ4n) is 3.20. The second-order valence-electron chi connectivity index (χ2n) is 6.22. The quantitative estimate of drug-likeness (QED) is 0.508. The highest BCUT2D eigenvalue weighted by atomic mass is 19.1. The van der Waals surface area contributed by atoms with E-state index in [2.05, 4.69) is 27.5 Å². The van der Waals surface area contributed by atoms with E-state index in [0.29, 0.717) is 23.6 Å². The highest BCUT2D eigenvalue weighted by Gasteiger charge is 2.14. The molecule has 0 N–H and O–H groups in total. The smallest absolute Gasteiger partial charge is 0.213 e. The molecule has 27 heavy (non-hydrogen) atoms. The average Bonchev–Trinajstić information content (AvgIpc) is 3.27. The van der Waals surface area contributed by atoms with Gasteiger partial charge in [-0.1, -0.05) is 13.0 Å². The number of fused-ring (bicyclic) bond motifs is 1. The summed E-state index contributed by atoms with van der Waals surface area (Å²) in [6.45, 7) is 3.41. The number of rotatable bonds is 5. The number of nitrogens with zero attached hydrogens (tertiary/aromatic N) is 6. The molecule has 3 aromatic heterocycles. The van der Waals surface area contributed by atoms with Crippen molar-refractivity contribution >= 4 is 11.0 Å². The number of pyridine rings is 1. The molecule has 0 aliphatic rings. The van der Waals surface area contributed by atoms with Gasteiger partial charge in [0.25, 0.3) is 0 Å². The predicted octanol–water partition coefficient (Wildman–Crippen LogP) is 3.76. The number of hydrogen-bond acceptors (Lipinski definition) is 4. The number of benzene rings is 1. The Labute approximate surface area is 155 Å². The Kier molecular flexibility index (Phi) is 4.38. The zero-order chi connectivity index (χ0) is 18.8. The molecule has 0 atom stereocenters. The van der Waals surface area contributed by atoms with Gasteiger partial charge < -0.3 is 9.13 Å². The van der Waals surface area contributed by atoms with E-state index in [1.54, 1.807) is 30.5 Å². The van der Waals surface area contributed by atoms with Gasteiger partial charge in [-0.2, -0.15) is 9.65 Å². The Hall–Kier alpha value is -3.53. The number of aromatic nitrogens is 5. The maximum absolute atomic E-state index is 13.5. The Morgan fingerprint density at radius 3 is 2.85 bits per heavy atom. The van der Waals surface area contributed by atoms with E-state index in [9.17, 15) is 4.39 Å². The molecule has 1 aromatic carbocycles. The molecule has 0 amide bonds. The molecule has 0 spiro atoms. The Morgan fingerprint density at radius 1 is 1.19 bits per heavy atom. The Bertz CT molecular complexity index is 1150. The van der Waals surface area contributed by atoms with Crippen LogP contribution in [0.2, 0.25) is 0 Å². The second-order valence-corrected chi connectivity index (χ2v) is 6.22. The normalized spacial score (nSPS) is 11.0. The molecule has 0 aliphatic carbocycles. The summed E-state index contributed by atoms with van der Waals surface area (Å²) in [5, 5.41) is 9.13. The Morgan fingerprint density at radius 2 is 2.07 bits per heavy atom. The summed E-state index contributed by atoms with van der Waals surface area (Å²) in [6.07, 6.45) is 4.46. The van der Waals surface area contributed by atoms with Crippen LogP contribution >= 0.6 is 0 Å². The molecule has 4 rings (SSSR count). The van der Waals surface area contributed by atoms with Crippen molar-refractivity contribution in [2.75, 3.05) is 0 Å². The summed E-state index contributed by atoms with van der Waals surface area (Å²) >= 11 is 0. The lowest BCUT2D eigenvalue weighted by molar-refractivity contribution is 0.583. The molecule has 0 fully saturated rings. The maximum atomic E-state index is 13.5. The van der Waals surface area contributed by atoms with Crippen LogP contribution in [0.3, 0.4) is 0 Å². The van der Waals surface area contributed by atoms with Crippen molar-refractivity contribution in [2.24, 2.45) is 0 Å². The molecule has 0 bridgehead atoms. The average molecular weight is 360 g/mol. The molecule has 134 valence electrons. The molecule has 7 heteroatoms. The summed E-state index contributed by atoms with van der Waals surface area (Å²) < 4.78 is 17.6. The fraction of sp³-hybridized carbons (Fsp3) is 0.200. The van der Waals surface area contributed by atoms with Gasteiger partial charge in [-0.25, -0.2) is 15.0 Å². The van der Waals surface area contributed by atoms with Gasteiger partial charge in [0, 0.05) is 18.9 Å². The first-order chi connectivity index (χ1) is 13.2. The van der Waals surface area contributed by atoms with Crippen LogP contribution in [0, 0.1) is 17.3 Å². The third kappa shape index (κ3) is 3.17. The molecule has 0 saturated heterocycles. The van der Waals surface area contributed by atoms with Gasteiger partial charge >= 0.3 is 0 Å². The van der Waals surface area contributed by atoms with Gasteiger partial charge in [0.2, 0.25) is 5.95 Å². The molecular formula is C20H17FN6. The summed E-state index contributed by atoms with van der Waals surface area (Å²) in [6, 6.07) is 12.4. The first-order valence-electron chi connectivity index (χ1n) is 8.73. The molecule has 6 nitrogen and oxygen atoms in total. The van der Waals surface area contributed by atoms with Crippen LogP contribution in [-0.2, 0) is 13.1 Å². The maximum Gasteiger partial charge on any atom is 0.213 e. The fourth-order valence-corrected chi connectivity index (χ4v) is 3.20. The number of aryl methyl sites for hydroxylation is 1. The van der Waals surface area contributed by atoms with Crippen molar-refractivity contribution in [3.63, 3.8) is 0 Å². The third-order valence-electron chi connectivity index (χ3n) is 4.38. The highest BCUT2D eigenvalue weighted by Crippen LogP contribution is 2.21. The standard InChI is InChI=1S/C20H17FN6/c1-2-9-27-17-7-6-14(12-22)11-16(17)25-19(27)13-26-10-8-23-20(26)15-4-3-5-18(21)24-15/h3-8,10-11H,2,9,13H2,1H3. The van der Waals surface area contributed by atoms with Crippen LogP contribution in [0.1, 0.15) is 24.7 Å². The number of hydrogen-bond donors (Lipinski definition) is 0. The first kappa shape index (κ1) is 16.9. The van der Waals surface area contributed by atoms with Crippen molar-refractivity contribution < 1.29 is 4.39 Å². The molecule has 0 radical (unpaired) electrons. The predicted molar refractivity (Wildman–Crippen MR) is 99.3 cm³/mol. The van der Waals surface area contributed by atoms with Gasteiger partial charge in [0.05, 0.1) is 29.2 Å². The van der Waals surface area contributed by atoms with E-state index in [1.807, 2.05) is 16.8 Å². The molecule has 3 heterocycles. The van der Waals surface area contributed by atoms with Gasteiger partial charge in [-0.15, -0.1) is 0 Å². The largest absolute Gasteiger partial charge is 0.326 e. The van der Waals surface area contributed by atoms with Crippen molar-refractivity contribution in [2.45, 2.75) is 26.4 Å². The lowest BCUT2D eigenvalue weighted by Crippen LogP contribution is -2.10. The number of nitriles is 1. The van der Waals surface area contributed by atoms with E-state index in [-0.39, 0.29) is 0 Å². The number of imidazole rings is 2. The van der Waals surface area contributed by atoms with Crippen LogP contribution in [-0.4, -0.2) is 24.1 Å². The summed E-state index contributed by atoms with van der Waals surface area (Å²) in [4.78, 5) is 13.0. The molecule has 0 aliphatic heterocycles. The van der Waals surface area contributed by atoms with Gasteiger partial charge in [-0.05, 0) is 36.8 Å². The number of halogens is 1. The van der Waals surface area contributed by atoms with Crippen LogP contribution < -0.4 is 0 Å². The SMILES string of the molecule is CCCn1c(Cn2ccnc2-c2cccc(F)n2)nc2cc(C#N)ccc21. The lowest BCUT2D eigenvalue weighted by atomic mass is 10.2. The van der Waals surface area contributed by atoms with Gasteiger partial charge in [0.15, 0.2) is 5.82 Å². The van der Waals surface area contributed by atoms with Crippen LogP contribution in [0.25, 0.3) is 22.6 Å². The molecule has 0 saturated carbocycles. The molecular weight excluding hydrogens is 343 g/mol. The van der Waals surface area contributed by atoms with Gasteiger partial charge in [0.1, 0.15) is 11.5 Å². The third-order valence-corrected chi connectivity index (χ3v) is 4.38. The topological polar surface area (TPSA) is 72.3 Å². The van der Waals surface area contributed by atoms with Crippen LogP contribution in [0.15, 0.2) is 48.8 Å². The lowest BCUT2D eigenvalue weighted by Gasteiger charge is -2.10. The van der Waals surface area contributed by atoms with Crippen molar-refractivity contribution in [3.05, 3.63) is 66.1 Å². The van der Waals surface area contributed by atoms with Crippen molar-refractivity contribution in [1.29, 1.82) is 5.26 Å². The minimum atomic E-state index is -0.538. The molecule has 0 unspecified atom stereocenters. The first-order valence-corrected chi connectivity index (χ1v) is 8.73. The van der Waals surface area contributed by atoms with Crippen LogP contribution in [0.4, 0.5) is 4.39 Å². The van der Waals surface area contributed by atoms with Crippen molar-refractivity contribution in [1.82, 2.24) is 24.1 Å². The summed E-state index contributed by atoms with van der Waals surface area (Å²) in [5.41, 5.74) is 2.85. The second kappa shape index (κ2) is 7.00. The minimum Gasteiger partial charge on any atom is -0.326 e. The monoisotopic (exact) mass is 360 g/mol. The van der Waals surface area contributed by atoms with Crippen molar-refractivity contribution in [3.8, 4) is 17.6 Å². The van der Waals surface area contributed by atoms with Gasteiger partial charge in [-0.3, -0.25) is 0 Å². The highest BCUT2D eigenvalue weighted by molar-refractivity contribution is 5.77.